The number of ether oxygens (including phenoxy) is 2. The standard InChI is InChI=1S/2C25H42O4.Ba/c2*1-2-24(29-21-22-15-10-9-11-16-22)19-13-8-6-4-3-5-7-12-17-23(26)18-14-20-25(27)28;/h2*9-11,15-16,23-24,26H,2-8,12-14,17-21H2,1H3,(H,27,28);/q;;+2/p-2. The number of carboxylic acid groups (broad SMARTS) is 2. The Kier molecular flexibility index (Phi) is 41.2. The van der Waals surface area contributed by atoms with Gasteiger partial charge in [-0.3, -0.25) is 0 Å². The first kappa shape index (κ1) is 57.8. The zero-order valence-corrected chi connectivity index (χ0v) is 41.8. The van der Waals surface area contributed by atoms with Crippen LogP contribution in [0.2, 0.25) is 0 Å². The fourth-order valence-electron chi connectivity index (χ4n) is 7.27. The fourth-order valence-corrected chi connectivity index (χ4v) is 7.27. The largest absolute Gasteiger partial charge is 2.00 e. The fraction of sp³-hybridized carbons (Fsp3) is 0.720. The number of carbonyl (C=O) groups is 2. The van der Waals surface area contributed by atoms with E-state index in [0.717, 1.165) is 64.2 Å². The van der Waals surface area contributed by atoms with Crippen LogP contribution < -0.4 is 10.2 Å². The van der Waals surface area contributed by atoms with E-state index in [-0.39, 0.29) is 73.9 Å². The summed E-state index contributed by atoms with van der Waals surface area (Å²) in [6.07, 6.45) is 27.9. The smallest absolute Gasteiger partial charge is 0.550 e. The van der Waals surface area contributed by atoms with E-state index in [0.29, 0.717) is 51.1 Å². The van der Waals surface area contributed by atoms with Crippen LogP contribution in [0.1, 0.15) is 205 Å². The van der Waals surface area contributed by atoms with Crippen molar-refractivity contribution < 1.29 is 39.5 Å². The number of hydrogen-bond acceptors (Lipinski definition) is 8. The summed E-state index contributed by atoms with van der Waals surface area (Å²) in [4.78, 5) is 20.7. The van der Waals surface area contributed by atoms with Crippen molar-refractivity contribution >= 4 is 60.8 Å². The number of carboxylic acids is 2. The Morgan fingerprint density at radius 2 is 0.729 bits per heavy atom. The van der Waals surface area contributed by atoms with E-state index in [4.69, 9.17) is 9.47 Å². The second kappa shape index (κ2) is 42.1. The summed E-state index contributed by atoms with van der Waals surface area (Å²) in [5.41, 5.74) is 2.49. The van der Waals surface area contributed by atoms with Gasteiger partial charge in [0.15, 0.2) is 0 Å². The zero-order chi connectivity index (χ0) is 42.3. The Morgan fingerprint density at radius 3 is 1.02 bits per heavy atom. The van der Waals surface area contributed by atoms with Gasteiger partial charge in [-0.15, -0.1) is 0 Å². The quantitative estimate of drug-likeness (QED) is 0.0501. The van der Waals surface area contributed by atoms with Gasteiger partial charge in [0.1, 0.15) is 0 Å². The summed E-state index contributed by atoms with van der Waals surface area (Å²) in [6, 6.07) is 20.8. The van der Waals surface area contributed by atoms with Gasteiger partial charge in [0.25, 0.3) is 0 Å². The molecular formula is C50H82BaO8. The number of rotatable bonds is 38. The molecule has 0 aliphatic heterocycles. The number of aliphatic hydroxyl groups is 2. The van der Waals surface area contributed by atoms with Gasteiger partial charge in [-0.1, -0.05) is 177 Å². The molecule has 0 saturated carbocycles. The summed E-state index contributed by atoms with van der Waals surface area (Å²) in [6.45, 7) is 5.83. The van der Waals surface area contributed by atoms with Gasteiger partial charge >= 0.3 is 48.9 Å². The molecule has 2 aromatic carbocycles. The van der Waals surface area contributed by atoms with Crippen molar-refractivity contribution in [3.8, 4) is 0 Å². The number of aliphatic carboxylic acids is 2. The van der Waals surface area contributed by atoms with Crippen molar-refractivity contribution in [2.45, 2.75) is 231 Å². The first-order chi connectivity index (χ1) is 28.2. The minimum absolute atomic E-state index is 0. The maximum Gasteiger partial charge on any atom is 2.00 e. The first-order valence-corrected chi connectivity index (χ1v) is 23.3. The number of aliphatic hydroxyl groups excluding tert-OH is 2. The normalized spacial score (nSPS) is 13.1. The third kappa shape index (κ3) is 38.2. The van der Waals surface area contributed by atoms with Gasteiger partial charge in [-0.2, -0.15) is 0 Å². The van der Waals surface area contributed by atoms with Crippen LogP contribution in [-0.4, -0.2) is 95.4 Å². The molecule has 332 valence electrons. The third-order valence-corrected chi connectivity index (χ3v) is 11.0. The van der Waals surface area contributed by atoms with Crippen molar-refractivity contribution in [1.29, 1.82) is 0 Å². The van der Waals surface area contributed by atoms with Crippen molar-refractivity contribution in [2.24, 2.45) is 0 Å². The average molecular weight is 949 g/mol. The van der Waals surface area contributed by atoms with Gasteiger partial charge in [0.2, 0.25) is 0 Å². The molecule has 0 radical (unpaired) electrons. The molecule has 0 saturated heterocycles. The molecule has 2 aromatic rings. The van der Waals surface area contributed by atoms with E-state index in [1.54, 1.807) is 0 Å². The van der Waals surface area contributed by atoms with Crippen molar-refractivity contribution in [3.63, 3.8) is 0 Å². The molecule has 0 spiro atoms. The minimum atomic E-state index is -1.03. The number of unbranched alkanes of at least 4 members (excludes halogenated alkanes) is 14. The Hall–Kier alpha value is -1.21. The molecule has 0 amide bonds. The second-order valence-corrected chi connectivity index (χ2v) is 16.3. The first-order valence-electron chi connectivity index (χ1n) is 23.3. The Labute approximate surface area is 400 Å². The van der Waals surface area contributed by atoms with Crippen molar-refractivity contribution in [3.05, 3.63) is 71.8 Å². The van der Waals surface area contributed by atoms with Gasteiger partial charge in [-0.05, 0) is 88.2 Å². The van der Waals surface area contributed by atoms with Crippen LogP contribution in [0.4, 0.5) is 0 Å². The number of carbonyl (C=O) groups excluding carboxylic acids is 2. The maximum absolute atomic E-state index is 10.3. The SMILES string of the molecule is CCC(CCCCCCCCCCC(O)CCCC(=O)[O-])OCc1ccccc1.CCC(CCCCCCCCCCC(O)CCCC(=O)[O-])OCc1ccccc1.[Ba+2]. The van der Waals surface area contributed by atoms with Gasteiger partial charge in [0.05, 0.1) is 37.6 Å². The molecule has 0 fully saturated rings. The van der Waals surface area contributed by atoms with Crippen LogP contribution >= 0.6 is 0 Å². The molecule has 59 heavy (non-hydrogen) atoms. The summed E-state index contributed by atoms with van der Waals surface area (Å²) >= 11 is 0. The van der Waals surface area contributed by atoms with Crippen LogP contribution in [0.5, 0.6) is 0 Å². The van der Waals surface area contributed by atoms with Crippen LogP contribution in [0.15, 0.2) is 60.7 Å². The molecule has 0 bridgehead atoms. The van der Waals surface area contributed by atoms with E-state index >= 15 is 0 Å². The summed E-state index contributed by atoms with van der Waals surface area (Å²) in [5, 5.41) is 40.3. The molecule has 2 rings (SSSR count). The van der Waals surface area contributed by atoms with E-state index in [9.17, 15) is 30.0 Å². The third-order valence-electron chi connectivity index (χ3n) is 11.0. The van der Waals surface area contributed by atoms with Crippen LogP contribution in [0.25, 0.3) is 0 Å². The Bertz CT molecular complexity index is 1110. The molecule has 2 N–H and O–H groups in total. The molecule has 0 aliphatic carbocycles. The van der Waals surface area contributed by atoms with E-state index in [1.165, 1.54) is 88.2 Å². The van der Waals surface area contributed by atoms with Crippen LogP contribution in [0.3, 0.4) is 0 Å². The molecule has 8 nitrogen and oxygen atoms in total. The molecule has 9 heteroatoms. The molecular weight excluding hydrogens is 866 g/mol. The molecule has 4 unspecified atom stereocenters. The van der Waals surface area contributed by atoms with Crippen LogP contribution in [-0.2, 0) is 32.3 Å². The zero-order valence-electron chi connectivity index (χ0n) is 37.3. The van der Waals surface area contributed by atoms with E-state index in [2.05, 4.69) is 62.4 Å². The van der Waals surface area contributed by atoms with Gasteiger partial charge in [0, 0.05) is 11.9 Å². The number of hydrogen-bond donors (Lipinski definition) is 2. The van der Waals surface area contributed by atoms with Crippen LogP contribution in [0, 0.1) is 0 Å². The van der Waals surface area contributed by atoms with Crippen molar-refractivity contribution in [2.75, 3.05) is 0 Å². The summed E-state index contributed by atoms with van der Waals surface area (Å²) in [7, 11) is 0. The van der Waals surface area contributed by atoms with E-state index < -0.39 is 11.9 Å². The minimum Gasteiger partial charge on any atom is -0.550 e. The maximum atomic E-state index is 10.3. The average Bonchev–Trinajstić information content (AvgIpc) is 3.22. The Morgan fingerprint density at radius 1 is 0.458 bits per heavy atom. The summed E-state index contributed by atoms with van der Waals surface area (Å²) < 4.78 is 12.1. The molecule has 4 atom stereocenters. The monoisotopic (exact) mass is 949 g/mol. The second-order valence-electron chi connectivity index (χ2n) is 16.3. The van der Waals surface area contributed by atoms with Gasteiger partial charge in [-0.25, -0.2) is 0 Å². The predicted octanol–water partition coefficient (Wildman–Crippen LogP) is 9.95. The molecule has 0 aliphatic rings. The number of benzene rings is 2. The van der Waals surface area contributed by atoms with Gasteiger partial charge < -0.3 is 39.5 Å². The Balaban J connectivity index is 0.00000112. The summed E-state index contributed by atoms with van der Waals surface area (Å²) in [5.74, 6) is -2.05. The molecule has 0 heterocycles. The molecule has 0 aromatic heterocycles. The van der Waals surface area contributed by atoms with Crippen molar-refractivity contribution in [1.82, 2.24) is 0 Å². The predicted molar refractivity (Wildman–Crippen MR) is 238 cm³/mol. The topological polar surface area (TPSA) is 139 Å². The van der Waals surface area contributed by atoms with E-state index in [1.807, 2.05) is 12.1 Å².